The summed E-state index contributed by atoms with van der Waals surface area (Å²) in [5.74, 6) is -3.43. The van der Waals surface area contributed by atoms with Gasteiger partial charge in [0.25, 0.3) is 5.91 Å². The Hall–Kier alpha value is -2.00. The van der Waals surface area contributed by atoms with Crippen molar-refractivity contribution >= 4 is 29.2 Å². The molecule has 0 spiro atoms. The number of aliphatic carboxylic acids is 2. The number of nitrogens with zero attached hydrogens (tertiary/aromatic N) is 1. The fourth-order valence-electron chi connectivity index (χ4n) is 1.26. The summed E-state index contributed by atoms with van der Waals surface area (Å²) < 4.78 is 0. The van der Waals surface area contributed by atoms with Crippen molar-refractivity contribution in [1.29, 1.82) is 0 Å². The molecule has 5 N–H and O–H groups in total. The minimum absolute atomic E-state index is 0.0603. The Kier molecular flexibility index (Phi) is 5.39. The molecule has 0 saturated heterocycles. The summed E-state index contributed by atoms with van der Waals surface area (Å²) in [5.41, 5.74) is 5.40. The van der Waals surface area contributed by atoms with E-state index in [2.05, 4.69) is 10.3 Å². The first-order valence-electron chi connectivity index (χ1n) is 5.34. The van der Waals surface area contributed by atoms with E-state index < -0.39 is 30.3 Å². The van der Waals surface area contributed by atoms with Gasteiger partial charge in [-0.3, -0.25) is 9.59 Å². The number of rotatable bonds is 7. The smallest absolute Gasteiger partial charge is 0.326 e. The number of hydrogen-bond donors (Lipinski definition) is 4. The van der Waals surface area contributed by atoms with Gasteiger partial charge in [-0.1, -0.05) is 0 Å². The molecule has 8 nitrogen and oxygen atoms in total. The lowest BCUT2D eigenvalue weighted by Gasteiger charge is -2.10. The standard InChI is InChI=1S/C10H13N3O5S/c11-2-1-7-12-6(4-19-7)9(16)13-5(10(17)18)3-8(14)15/h4-5H,1-3,11H2,(H,13,16)(H,14,15)(H,17,18). The summed E-state index contributed by atoms with van der Waals surface area (Å²) in [4.78, 5) is 37.0. The van der Waals surface area contributed by atoms with Gasteiger partial charge in [-0.2, -0.15) is 0 Å². The topological polar surface area (TPSA) is 143 Å². The predicted molar refractivity (Wildman–Crippen MR) is 66.0 cm³/mol. The largest absolute Gasteiger partial charge is 0.481 e. The van der Waals surface area contributed by atoms with Gasteiger partial charge in [0.05, 0.1) is 11.4 Å². The van der Waals surface area contributed by atoms with Crippen molar-refractivity contribution in [2.45, 2.75) is 18.9 Å². The minimum Gasteiger partial charge on any atom is -0.481 e. The summed E-state index contributed by atoms with van der Waals surface area (Å²) in [5, 5.41) is 21.6. The van der Waals surface area contributed by atoms with Gasteiger partial charge in [-0.25, -0.2) is 9.78 Å². The van der Waals surface area contributed by atoms with Gasteiger partial charge in [0.2, 0.25) is 0 Å². The average Bonchev–Trinajstić information content (AvgIpc) is 2.76. The van der Waals surface area contributed by atoms with Gasteiger partial charge < -0.3 is 21.3 Å². The molecule has 0 radical (unpaired) electrons. The number of carbonyl (C=O) groups excluding carboxylic acids is 1. The summed E-state index contributed by atoms with van der Waals surface area (Å²) in [6, 6.07) is -1.48. The first kappa shape index (κ1) is 15.1. The molecule has 0 saturated carbocycles. The van der Waals surface area contributed by atoms with E-state index in [0.29, 0.717) is 18.0 Å². The molecule has 1 amide bonds. The van der Waals surface area contributed by atoms with E-state index in [-0.39, 0.29) is 5.69 Å². The van der Waals surface area contributed by atoms with Crippen LogP contribution < -0.4 is 11.1 Å². The van der Waals surface area contributed by atoms with Crippen LogP contribution in [0.1, 0.15) is 21.9 Å². The van der Waals surface area contributed by atoms with Crippen LogP contribution in [0.25, 0.3) is 0 Å². The van der Waals surface area contributed by atoms with Crippen LogP contribution in [0.3, 0.4) is 0 Å². The molecule has 0 aliphatic rings. The molecule has 9 heteroatoms. The Labute approximate surface area is 112 Å². The summed E-state index contributed by atoms with van der Waals surface area (Å²) in [7, 11) is 0. The van der Waals surface area contributed by atoms with Crippen molar-refractivity contribution in [3.8, 4) is 0 Å². The Balaban J connectivity index is 2.70. The molecule has 0 aliphatic heterocycles. The lowest BCUT2D eigenvalue weighted by molar-refractivity contribution is -0.145. The molecule has 0 fully saturated rings. The van der Waals surface area contributed by atoms with Gasteiger partial charge in [0.1, 0.15) is 11.7 Å². The zero-order valence-electron chi connectivity index (χ0n) is 9.83. The fourth-order valence-corrected chi connectivity index (χ4v) is 2.05. The van der Waals surface area contributed by atoms with Gasteiger partial charge >= 0.3 is 11.9 Å². The monoisotopic (exact) mass is 287 g/mol. The Morgan fingerprint density at radius 2 is 2.11 bits per heavy atom. The van der Waals surface area contributed by atoms with Crippen LogP contribution >= 0.6 is 11.3 Å². The molecule has 0 aliphatic carbocycles. The number of nitrogens with two attached hydrogens (primary N) is 1. The third kappa shape index (κ3) is 4.64. The van der Waals surface area contributed by atoms with Crippen molar-refractivity contribution in [3.63, 3.8) is 0 Å². The summed E-state index contributed by atoms with van der Waals surface area (Å²) in [6.07, 6.45) is -0.170. The zero-order valence-corrected chi connectivity index (χ0v) is 10.6. The molecule has 0 bridgehead atoms. The second-order valence-corrected chi connectivity index (χ2v) is 4.57. The van der Waals surface area contributed by atoms with Gasteiger partial charge in [0, 0.05) is 11.8 Å². The lowest BCUT2D eigenvalue weighted by Crippen LogP contribution is -2.42. The number of carboxylic acids is 2. The maximum atomic E-state index is 11.7. The molecule has 104 valence electrons. The van der Waals surface area contributed by atoms with Crippen LogP contribution in [-0.4, -0.2) is 45.6 Å². The van der Waals surface area contributed by atoms with Crippen LogP contribution in [0.2, 0.25) is 0 Å². The van der Waals surface area contributed by atoms with Crippen molar-refractivity contribution < 1.29 is 24.6 Å². The molecule has 1 rings (SSSR count). The highest BCUT2D eigenvalue weighted by atomic mass is 32.1. The van der Waals surface area contributed by atoms with E-state index in [1.165, 1.54) is 16.7 Å². The van der Waals surface area contributed by atoms with Crippen molar-refractivity contribution in [2.75, 3.05) is 6.54 Å². The average molecular weight is 287 g/mol. The van der Waals surface area contributed by atoms with Crippen molar-refractivity contribution in [2.24, 2.45) is 5.73 Å². The predicted octanol–water partition coefficient (Wildman–Crippen LogP) is -0.698. The maximum Gasteiger partial charge on any atom is 0.326 e. The summed E-state index contributed by atoms with van der Waals surface area (Å²) >= 11 is 1.24. The van der Waals surface area contributed by atoms with Crippen LogP contribution in [-0.2, 0) is 16.0 Å². The third-order valence-electron chi connectivity index (χ3n) is 2.12. The van der Waals surface area contributed by atoms with E-state index in [1.54, 1.807) is 0 Å². The highest BCUT2D eigenvalue weighted by Crippen LogP contribution is 2.10. The highest BCUT2D eigenvalue weighted by Gasteiger charge is 2.24. The lowest BCUT2D eigenvalue weighted by atomic mass is 10.2. The zero-order chi connectivity index (χ0) is 14.4. The SMILES string of the molecule is NCCc1nc(C(=O)NC(CC(=O)O)C(=O)O)cs1. The number of carboxylic acid groups (broad SMARTS) is 2. The normalized spacial score (nSPS) is 11.8. The van der Waals surface area contributed by atoms with Gasteiger partial charge in [0.15, 0.2) is 0 Å². The number of thiazole rings is 1. The molecular formula is C10H13N3O5S. The quantitative estimate of drug-likeness (QED) is 0.519. The molecular weight excluding hydrogens is 274 g/mol. The highest BCUT2D eigenvalue weighted by molar-refractivity contribution is 7.09. The first-order valence-corrected chi connectivity index (χ1v) is 6.22. The number of aromatic nitrogens is 1. The number of nitrogens with one attached hydrogen (secondary N) is 1. The molecule has 1 heterocycles. The number of carbonyl (C=O) groups is 3. The van der Waals surface area contributed by atoms with Crippen LogP contribution in [0.4, 0.5) is 0 Å². The van der Waals surface area contributed by atoms with Gasteiger partial charge in [-0.15, -0.1) is 11.3 Å². The summed E-state index contributed by atoms with van der Waals surface area (Å²) in [6.45, 7) is 0.394. The second-order valence-electron chi connectivity index (χ2n) is 3.63. The minimum atomic E-state index is -1.48. The number of amides is 1. The Bertz CT molecular complexity index is 487. The fraction of sp³-hybridized carbons (Fsp3) is 0.400. The molecule has 1 aromatic heterocycles. The van der Waals surface area contributed by atoms with E-state index in [0.717, 1.165) is 0 Å². The van der Waals surface area contributed by atoms with Crippen molar-refractivity contribution in [3.05, 3.63) is 16.1 Å². The van der Waals surface area contributed by atoms with Crippen LogP contribution in [0.15, 0.2) is 5.38 Å². The van der Waals surface area contributed by atoms with Gasteiger partial charge in [-0.05, 0) is 6.54 Å². The molecule has 0 aromatic carbocycles. The molecule has 1 unspecified atom stereocenters. The molecule has 19 heavy (non-hydrogen) atoms. The van der Waals surface area contributed by atoms with E-state index in [4.69, 9.17) is 15.9 Å². The van der Waals surface area contributed by atoms with Crippen LogP contribution in [0, 0.1) is 0 Å². The maximum absolute atomic E-state index is 11.7. The van der Waals surface area contributed by atoms with Crippen LogP contribution in [0.5, 0.6) is 0 Å². The van der Waals surface area contributed by atoms with Crippen molar-refractivity contribution in [1.82, 2.24) is 10.3 Å². The second kappa shape index (κ2) is 6.81. The molecule has 1 aromatic rings. The van der Waals surface area contributed by atoms with E-state index in [1.807, 2.05) is 0 Å². The Morgan fingerprint density at radius 1 is 1.42 bits per heavy atom. The molecule has 1 atom stereocenters. The number of hydrogen-bond acceptors (Lipinski definition) is 6. The first-order chi connectivity index (χ1) is 8.93. The third-order valence-corrected chi connectivity index (χ3v) is 3.03. The van der Waals surface area contributed by atoms with E-state index in [9.17, 15) is 14.4 Å². The Morgan fingerprint density at radius 3 is 2.63 bits per heavy atom. The van der Waals surface area contributed by atoms with E-state index >= 15 is 0 Å².